The highest BCUT2D eigenvalue weighted by Crippen LogP contribution is 2.38. The second-order valence-corrected chi connectivity index (χ2v) is 3.88. The van der Waals surface area contributed by atoms with E-state index in [1.54, 1.807) is 0 Å². The monoisotopic (exact) mass is 312 g/mol. The lowest BCUT2D eigenvalue weighted by Crippen LogP contribution is -2.09. The number of benzene rings is 1. The zero-order valence-corrected chi connectivity index (χ0v) is 9.64. The summed E-state index contributed by atoms with van der Waals surface area (Å²) in [4.78, 5) is 10.2. The molecule has 0 fully saturated rings. The largest absolute Gasteiger partial charge is 0.478 e. The molecule has 0 spiro atoms. The van der Waals surface area contributed by atoms with Gasteiger partial charge in [-0.15, -0.1) is 0 Å². The summed E-state index contributed by atoms with van der Waals surface area (Å²) in [5.41, 5.74) is -1.66. The van der Waals surface area contributed by atoms with Crippen LogP contribution in [0.1, 0.15) is 11.1 Å². The topological polar surface area (TPSA) is 37.3 Å². The minimum atomic E-state index is -4.70. The van der Waals surface area contributed by atoms with Crippen molar-refractivity contribution in [2.24, 2.45) is 0 Å². The fraction of sp³-hybridized carbons (Fsp3) is 0.100. The maximum atomic E-state index is 12.9. The molecule has 1 aromatic rings. The molecule has 0 unspecified atom stereocenters. The Kier molecular flexibility index (Phi) is 3.92. The number of carboxylic acids is 1. The molecule has 0 amide bonds. The van der Waals surface area contributed by atoms with Crippen molar-refractivity contribution in [3.05, 3.63) is 39.6 Å². The molecule has 1 N–H and O–H groups in total. The van der Waals surface area contributed by atoms with Gasteiger partial charge in [0, 0.05) is 10.5 Å². The van der Waals surface area contributed by atoms with E-state index in [0.717, 1.165) is 0 Å². The molecule has 0 bridgehead atoms. The van der Waals surface area contributed by atoms with Gasteiger partial charge in [0.25, 0.3) is 0 Å². The molecule has 7 heteroatoms. The van der Waals surface area contributed by atoms with E-state index in [9.17, 15) is 22.4 Å². The van der Waals surface area contributed by atoms with Crippen LogP contribution in [0, 0.1) is 5.82 Å². The first-order valence-corrected chi connectivity index (χ1v) is 4.98. The molecular formula is C10H5BrF4O2. The molecular weight excluding hydrogens is 308 g/mol. The van der Waals surface area contributed by atoms with Crippen LogP contribution in [0.2, 0.25) is 0 Å². The highest BCUT2D eigenvalue weighted by atomic mass is 79.9. The number of carbonyl (C=O) groups is 1. The number of alkyl halides is 3. The number of aliphatic carboxylic acids is 1. The average Bonchev–Trinajstić information content (AvgIpc) is 2.10. The predicted octanol–water partition coefficient (Wildman–Crippen LogP) is 3.70. The van der Waals surface area contributed by atoms with Gasteiger partial charge in [-0.25, -0.2) is 9.18 Å². The zero-order valence-electron chi connectivity index (χ0n) is 8.05. The summed E-state index contributed by atoms with van der Waals surface area (Å²) < 4.78 is 50.4. The third-order valence-corrected chi connectivity index (χ3v) is 2.40. The minimum absolute atomic E-state index is 0.477. The Labute approximate surface area is 102 Å². The molecule has 1 rings (SSSR count). The summed E-state index contributed by atoms with van der Waals surface area (Å²) in [5.74, 6) is -2.31. The van der Waals surface area contributed by atoms with Crippen LogP contribution in [0.3, 0.4) is 0 Å². The van der Waals surface area contributed by atoms with Crippen molar-refractivity contribution < 1.29 is 27.5 Å². The van der Waals surface area contributed by atoms with Crippen LogP contribution < -0.4 is 0 Å². The maximum absolute atomic E-state index is 12.9. The van der Waals surface area contributed by atoms with E-state index in [1.807, 2.05) is 0 Å². The van der Waals surface area contributed by atoms with Gasteiger partial charge in [-0.3, -0.25) is 0 Å². The van der Waals surface area contributed by atoms with Crippen molar-refractivity contribution in [1.29, 1.82) is 0 Å². The first kappa shape index (κ1) is 13.7. The lowest BCUT2D eigenvalue weighted by Gasteiger charge is -2.12. The number of rotatable bonds is 2. The van der Waals surface area contributed by atoms with Crippen molar-refractivity contribution in [1.82, 2.24) is 0 Å². The van der Waals surface area contributed by atoms with Gasteiger partial charge < -0.3 is 5.11 Å². The van der Waals surface area contributed by atoms with Crippen LogP contribution in [0.5, 0.6) is 0 Å². The van der Waals surface area contributed by atoms with Gasteiger partial charge >= 0.3 is 12.1 Å². The second kappa shape index (κ2) is 4.87. The number of halogens is 5. The quantitative estimate of drug-likeness (QED) is 0.668. The number of carboxylic acid groups (broad SMARTS) is 1. The molecule has 0 saturated heterocycles. The molecule has 0 aliphatic carbocycles. The molecule has 0 atom stereocenters. The first-order valence-electron chi connectivity index (χ1n) is 4.19. The highest BCUT2D eigenvalue weighted by Gasteiger charge is 2.35. The minimum Gasteiger partial charge on any atom is -0.478 e. The fourth-order valence-electron chi connectivity index (χ4n) is 1.19. The van der Waals surface area contributed by atoms with Gasteiger partial charge in [-0.05, 0) is 23.8 Å². The van der Waals surface area contributed by atoms with Crippen molar-refractivity contribution in [3.8, 4) is 0 Å². The molecule has 0 aromatic heterocycles. The van der Waals surface area contributed by atoms with E-state index < -0.39 is 33.6 Å². The van der Waals surface area contributed by atoms with Crippen LogP contribution in [0.15, 0.2) is 22.7 Å². The molecule has 0 saturated carbocycles. The molecule has 0 radical (unpaired) electrons. The van der Waals surface area contributed by atoms with Gasteiger partial charge in [-0.2, -0.15) is 13.2 Å². The van der Waals surface area contributed by atoms with Crippen molar-refractivity contribution in [3.63, 3.8) is 0 Å². The maximum Gasteiger partial charge on any atom is 0.418 e. The standard InChI is InChI=1S/C10H5BrF4O2/c11-7-4-6(12)3-5(1-2-8(16)17)9(7)10(13,14)15/h1-4H,(H,16,17)/b2-1+. The Balaban J connectivity index is 3.41. The van der Waals surface area contributed by atoms with Gasteiger partial charge in [0.05, 0.1) is 5.56 Å². The van der Waals surface area contributed by atoms with Gasteiger partial charge in [0.2, 0.25) is 0 Å². The van der Waals surface area contributed by atoms with Gasteiger partial charge in [-0.1, -0.05) is 15.9 Å². The van der Waals surface area contributed by atoms with Crippen LogP contribution >= 0.6 is 15.9 Å². The second-order valence-electron chi connectivity index (χ2n) is 3.02. The van der Waals surface area contributed by atoms with E-state index in [0.29, 0.717) is 24.3 Å². The molecule has 0 heterocycles. The van der Waals surface area contributed by atoms with Crippen LogP contribution in [-0.2, 0) is 11.0 Å². The first-order chi connectivity index (χ1) is 7.71. The Bertz CT molecular complexity index is 480. The number of hydrogen-bond acceptors (Lipinski definition) is 1. The summed E-state index contributed by atoms with van der Waals surface area (Å²) in [7, 11) is 0. The molecule has 92 valence electrons. The van der Waals surface area contributed by atoms with Crippen LogP contribution in [0.4, 0.5) is 17.6 Å². The highest BCUT2D eigenvalue weighted by molar-refractivity contribution is 9.10. The Morgan fingerprint density at radius 2 is 1.94 bits per heavy atom. The van der Waals surface area contributed by atoms with Crippen molar-refractivity contribution >= 4 is 28.0 Å². The fourth-order valence-corrected chi connectivity index (χ4v) is 1.86. The van der Waals surface area contributed by atoms with Crippen LogP contribution in [0.25, 0.3) is 6.08 Å². The van der Waals surface area contributed by atoms with E-state index in [1.165, 1.54) is 0 Å². The summed E-state index contributed by atoms with van der Waals surface area (Å²) in [5, 5.41) is 8.33. The van der Waals surface area contributed by atoms with E-state index in [4.69, 9.17) is 5.11 Å². The van der Waals surface area contributed by atoms with E-state index in [-0.39, 0.29) is 0 Å². The summed E-state index contributed by atoms with van der Waals surface area (Å²) in [6.07, 6.45) is -3.50. The third kappa shape index (κ3) is 3.55. The normalized spacial score (nSPS) is 12.1. The van der Waals surface area contributed by atoms with Gasteiger partial charge in [0.1, 0.15) is 5.82 Å². The Morgan fingerprint density at radius 1 is 1.35 bits per heavy atom. The van der Waals surface area contributed by atoms with Crippen molar-refractivity contribution in [2.75, 3.05) is 0 Å². The average molecular weight is 313 g/mol. The summed E-state index contributed by atoms with van der Waals surface area (Å²) in [6.45, 7) is 0. The van der Waals surface area contributed by atoms with Crippen LogP contribution in [-0.4, -0.2) is 11.1 Å². The zero-order chi connectivity index (χ0) is 13.2. The molecule has 17 heavy (non-hydrogen) atoms. The smallest absolute Gasteiger partial charge is 0.418 e. The lowest BCUT2D eigenvalue weighted by molar-refractivity contribution is -0.138. The van der Waals surface area contributed by atoms with Gasteiger partial charge in [0.15, 0.2) is 0 Å². The predicted molar refractivity (Wildman–Crippen MR) is 55.8 cm³/mol. The Hall–Kier alpha value is -1.37. The SMILES string of the molecule is O=C(O)/C=C/c1cc(F)cc(Br)c1C(F)(F)F. The van der Waals surface area contributed by atoms with E-state index >= 15 is 0 Å². The summed E-state index contributed by atoms with van der Waals surface area (Å²) in [6, 6.07) is 1.29. The van der Waals surface area contributed by atoms with E-state index in [2.05, 4.69) is 15.9 Å². The molecule has 0 aliphatic heterocycles. The third-order valence-electron chi connectivity index (χ3n) is 1.77. The molecule has 0 aliphatic rings. The number of hydrogen-bond donors (Lipinski definition) is 1. The molecule has 2 nitrogen and oxygen atoms in total. The molecule has 1 aromatic carbocycles. The Morgan fingerprint density at radius 3 is 2.41 bits per heavy atom. The lowest BCUT2D eigenvalue weighted by atomic mass is 10.1. The summed E-state index contributed by atoms with van der Waals surface area (Å²) >= 11 is 2.60. The van der Waals surface area contributed by atoms with Crippen molar-refractivity contribution in [2.45, 2.75) is 6.18 Å².